The molecule has 2 heterocycles. The summed E-state index contributed by atoms with van der Waals surface area (Å²) in [6.45, 7) is 8.06. The van der Waals surface area contributed by atoms with Gasteiger partial charge in [-0.25, -0.2) is 4.98 Å². The zero-order chi connectivity index (χ0) is 13.6. The minimum absolute atomic E-state index is 0.328. The van der Waals surface area contributed by atoms with Crippen LogP contribution in [0.2, 0.25) is 0 Å². The summed E-state index contributed by atoms with van der Waals surface area (Å²) in [7, 11) is -0.440. The summed E-state index contributed by atoms with van der Waals surface area (Å²) < 4.78 is 12.6. The lowest BCUT2D eigenvalue weighted by Gasteiger charge is -2.32. The first-order valence-corrected chi connectivity index (χ1v) is 6.75. The standard InChI is InChI=1S/C12H18BBrN2O2/c1-11(2)12(3,4)18-13(17-11)10(15)8-5-6-16-9(14)7-8/h5-7,10H,15H2,1-4H3. The topological polar surface area (TPSA) is 57.4 Å². The summed E-state index contributed by atoms with van der Waals surface area (Å²) in [6.07, 6.45) is 1.71. The van der Waals surface area contributed by atoms with Crippen molar-refractivity contribution in [3.63, 3.8) is 0 Å². The molecule has 1 aliphatic heterocycles. The minimum Gasteiger partial charge on any atom is -0.402 e. The van der Waals surface area contributed by atoms with Gasteiger partial charge in [0.15, 0.2) is 0 Å². The first-order valence-electron chi connectivity index (χ1n) is 5.96. The van der Waals surface area contributed by atoms with Crippen molar-refractivity contribution < 1.29 is 9.31 Å². The van der Waals surface area contributed by atoms with Crippen LogP contribution in [0.1, 0.15) is 39.2 Å². The van der Waals surface area contributed by atoms with Crippen molar-refractivity contribution in [3.05, 3.63) is 28.5 Å². The van der Waals surface area contributed by atoms with Crippen molar-refractivity contribution in [2.24, 2.45) is 5.73 Å². The van der Waals surface area contributed by atoms with Crippen LogP contribution in [-0.4, -0.2) is 23.3 Å². The van der Waals surface area contributed by atoms with Crippen molar-refractivity contribution in [2.45, 2.75) is 44.8 Å². The van der Waals surface area contributed by atoms with Gasteiger partial charge in [-0.3, -0.25) is 0 Å². The van der Waals surface area contributed by atoms with Crippen LogP contribution in [0.4, 0.5) is 0 Å². The Labute approximate surface area is 117 Å². The maximum Gasteiger partial charge on any atom is 0.480 e. The van der Waals surface area contributed by atoms with Gasteiger partial charge in [0, 0.05) is 6.20 Å². The zero-order valence-corrected chi connectivity index (χ0v) is 12.7. The monoisotopic (exact) mass is 312 g/mol. The molecule has 4 nitrogen and oxygen atoms in total. The maximum absolute atomic E-state index is 6.21. The molecule has 0 aromatic carbocycles. The summed E-state index contributed by atoms with van der Waals surface area (Å²) in [5, 5.41) is 0. The van der Waals surface area contributed by atoms with Crippen molar-refractivity contribution in [3.8, 4) is 0 Å². The van der Waals surface area contributed by atoms with Crippen LogP contribution in [-0.2, 0) is 9.31 Å². The fourth-order valence-corrected chi connectivity index (χ4v) is 2.20. The number of aromatic nitrogens is 1. The highest BCUT2D eigenvalue weighted by atomic mass is 79.9. The predicted octanol–water partition coefficient (Wildman–Crippen LogP) is 2.48. The molecular formula is C12H18BBrN2O2. The molecule has 18 heavy (non-hydrogen) atoms. The number of hydrogen-bond acceptors (Lipinski definition) is 4. The van der Waals surface area contributed by atoms with E-state index in [4.69, 9.17) is 15.0 Å². The third kappa shape index (κ3) is 2.47. The SMILES string of the molecule is CC1(C)OB(C(N)c2ccnc(Br)c2)OC1(C)C. The number of nitrogens with zero attached hydrogens (tertiary/aromatic N) is 1. The van der Waals surface area contributed by atoms with E-state index in [9.17, 15) is 0 Å². The summed E-state index contributed by atoms with van der Waals surface area (Å²) >= 11 is 3.34. The fraction of sp³-hybridized carbons (Fsp3) is 0.583. The molecule has 0 bridgehead atoms. The highest BCUT2D eigenvalue weighted by molar-refractivity contribution is 9.10. The van der Waals surface area contributed by atoms with Gasteiger partial charge in [0.05, 0.1) is 17.1 Å². The van der Waals surface area contributed by atoms with E-state index in [1.165, 1.54) is 0 Å². The second-order valence-electron chi connectivity index (χ2n) is 5.56. The maximum atomic E-state index is 6.21. The molecule has 98 valence electrons. The van der Waals surface area contributed by atoms with Gasteiger partial charge in [0.2, 0.25) is 0 Å². The summed E-state index contributed by atoms with van der Waals surface area (Å²) in [6, 6.07) is 3.76. The highest BCUT2D eigenvalue weighted by Crippen LogP contribution is 2.39. The molecule has 0 saturated carbocycles. The van der Waals surface area contributed by atoms with E-state index in [0.717, 1.165) is 10.2 Å². The van der Waals surface area contributed by atoms with Crippen LogP contribution < -0.4 is 5.73 Å². The summed E-state index contributed by atoms with van der Waals surface area (Å²) in [5.74, 6) is -0.328. The molecule has 1 aromatic heterocycles. The van der Waals surface area contributed by atoms with Crippen LogP contribution in [0, 0.1) is 0 Å². The quantitative estimate of drug-likeness (QED) is 0.673. The molecule has 1 aliphatic rings. The number of nitrogens with two attached hydrogens (primary N) is 1. The Bertz CT molecular complexity index is 437. The average Bonchev–Trinajstić information content (AvgIpc) is 2.47. The average molecular weight is 313 g/mol. The molecular weight excluding hydrogens is 295 g/mol. The number of halogens is 1. The number of pyridine rings is 1. The summed E-state index contributed by atoms with van der Waals surface area (Å²) in [5.41, 5.74) is 6.43. The first-order chi connectivity index (χ1) is 8.23. The van der Waals surface area contributed by atoms with Crippen LogP contribution >= 0.6 is 15.9 Å². The fourth-order valence-electron chi connectivity index (χ4n) is 1.82. The molecule has 6 heteroatoms. The molecule has 2 N–H and O–H groups in total. The van der Waals surface area contributed by atoms with E-state index < -0.39 is 7.12 Å². The molecule has 1 atom stereocenters. The lowest BCUT2D eigenvalue weighted by Crippen LogP contribution is -2.41. The number of hydrogen-bond donors (Lipinski definition) is 1. The Morgan fingerprint density at radius 2 is 1.83 bits per heavy atom. The molecule has 0 amide bonds. The third-order valence-electron chi connectivity index (χ3n) is 3.70. The largest absolute Gasteiger partial charge is 0.480 e. The van der Waals surface area contributed by atoms with E-state index in [-0.39, 0.29) is 17.1 Å². The Kier molecular flexibility index (Phi) is 3.57. The van der Waals surface area contributed by atoms with Gasteiger partial charge in [-0.2, -0.15) is 0 Å². The summed E-state index contributed by atoms with van der Waals surface area (Å²) in [4.78, 5) is 4.09. The van der Waals surface area contributed by atoms with Crippen LogP contribution in [0.15, 0.2) is 22.9 Å². The first kappa shape index (κ1) is 14.0. The molecule has 0 spiro atoms. The normalized spacial score (nSPS) is 23.1. The van der Waals surface area contributed by atoms with Gasteiger partial charge < -0.3 is 15.0 Å². The molecule has 1 fully saturated rings. The zero-order valence-electron chi connectivity index (χ0n) is 11.1. The van der Waals surface area contributed by atoms with Crippen LogP contribution in [0.5, 0.6) is 0 Å². The Morgan fingerprint density at radius 3 is 2.33 bits per heavy atom. The van der Waals surface area contributed by atoms with Gasteiger partial charge >= 0.3 is 7.12 Å². The molecule has 1 saturated heterocycles. The molecule has 1 unspecified atom stereocenters. The van der Waals surface area contributed by atoms with Crippen LogP contribution in [0.25, 0.3) is 0 Å². The van der Waals surface area contributed by atoms with Gasteiger partial charge in [-0.15, -0.1) is 0 Å². The Morgan fingerprint density at radius 1 is 1.28 bits per heavy atom. The van der Waals surface area contributed by atoms with Gasteiger partial charge in [-0.05, 0) is 61.3 Å². The van der Waals surface area contributed by atoms with E-state index in [2.05, 4.69) is 20.9 Å². The van der Waals surface area contributed by atoms with Gasteiger partial charge in [0.1, 0.15) is 4.60 Å². The van der Waals surface area contributed by atoms with Crippen molar-refractivity contribution in [2.75, 3.05) is 0 Å². The van der Waals surface area contributed by atoms with E-state index in [0.29, 0.717) is 0 Å². The second-order valence-corrected chi connectivity index (χ2v) is 6.37. The molecule has 1 aromatic rings. The second kappa shape index (κ2) is 4.60. The van der Waals surface area contributed by atoms with Crippen LogP contribution in [0.3, 0.4) is 0 Å². The highest BCUT2D eigenvalue weighted by Gasteiger charge is 2.53. The third-order valence-corrected chi connectivity index (χ3v) is 4.13. The smallest absolute Gasteiger partial charge is 0.402 e. The van der Waals surface area contributed by atoms with Crippen molar-refractivity contribution >= 4 is 23.0 Å². The van der Waals surface area contributed by atoms with Crippen molar-refractivity contribution in [1.29, 1.82) is 0 Å². The van der Waals surface area contributed by atoms with E-state index in [1.54, 1.807) is 6.20 Å². The van der Waals surface area contributed by atoms with E-state index >= 15 is 0 Å². The Balaban J connectivity index is 2.20. The molecule has 0 radical (unpaired) electrons. The number of rotatable bonds is 2. The van der Waals surface area contributed by atoms with E-state index in [1.807, 2.05) is 39.8 Å². The minimum atomic E-state index is -0.440. The lowest BCUT2D eigenvalue weighted by molar-refractivity contribution is 0.00578. The molecule has 2 rings (SSSR count). The van der Waals surface area contributed by atoms with Gasteiger partial charge in [0.25, 0.3) is 0 Å². The predicted molar refractivity (Wildman–Crippen MR) is 74.9 cm³/mol. The lowest BCUT2D eigenvalue weighted by atomic mass is 9.75. The van der Waals surface area contributed by atoms with Crippen molar-refractivity contribution in [1.82, 2.24) is 4.98 Å². The Hall–Kier alpha value is -0.425. The van der Waals surface area contributed by atoms with Gasteiger partial charge in [-0.1, -0.05) is 0 Å². The molecule has 0 aliphatic carbocycles.